The lowest BCUT2D eigenvalue weighted by Crippen LogP contribution is -2.28. The van der Waals surface area contributed by atoms with Crippen LogP contribution in [-0.4, -0.2) is 27.1 Å². The molecule has 1 atom stereocenters. The standard InChI is InChI=1S/C9H10O4.C6H9N/c1-9(8(12)13)4-2-3-6(5-9)7(10)11;1-2-6-4-3-5-7-6/h2-4H,5H2,1H3,(H,10,11)(H,12,13);3-5,7H,2H2,1H3. The number of carboxylic acids is 2. The van der Waals surface area contributed by atoms with Crippen LogP contribution in [0.3, 0.4) is 0 Å². The quantitative estimate of drug-likeness (QED) is 0.792. The van der Waals surface area contributed by atoms with Gasteiger partial charge in [-0.2, -0.15) is 0 Å². The SMILES string of the molecule is CC1(C(=O)O)C=CC=C(C(=O)O)C1.CCc1ccc[nH]1. The second-order valence-corrected chi connectivity index (χ2v) is 4.80. The molecule has 1 unspecified atom stereocenters. The minimum Gasteiger partial charge on any atom is -0.481 e. The zero-order valence-corrected chi connectivity index (χ0v) is 11.6. The first-order chi connectivity index (χ1) is 9.39. The van der Waals surface area contributed by atoms with E-state index in [1.165, 1.54) is 30.8 Å². The second-order valence-electron chi connectivity index (χ2n) is 4.80. The van der Waals surface area contributed by atoms with E-state index in [1.54, 1.807) is 0 Å². The molecule has 3 N–H and O–H groups in total. The molecule has 1 aromatic rings. The van der Waals surface area contributed by atoms with Crippen molar-refractivity contribution in [3.05, 3.63) is 47.8 Å². The first-order valence-corrected chi connectivity index (χ1v) is 6.36. The lowest BCUT2D eigenvalue weighted by atomic mass is 9.80. The fourth-order valence-corrected chi connectivity index (χ4v) is 1.77. The van der Waals surface area contributed by atoms with Crippen molar-refractivity contribution < 1.29 is 19.8 Å². The van der Waals surface area contributed by atoms with E-state index < -0.39 is 17.4 Å². The minimum absolute atomic E-state index is 0.0359. The smallest absolute Gasteiger partial charge is 0.331 e. The van der Waals surface area contributed by atoms with Crippen LogP contribution in [0.4, 0.5) is 0 Å². The van der Waals surface area contributed by atoms with Crippen LogP contribution in [0.1, 0.15) is 26.0 Å². The number of hydrogen-bond donors (Lipinski definition) is 3. The average Bonchev–Trinajstić information content (AvgIpc) is 2.92. The summed E-state index contributed by atoms with van der Waals surface area (Å²) >= 11 is 0. The molecule has 0 fully saturated rings. The number of rotatable bonds is 3. The largest absolute Gasteiger partial charge is 0.481 e. The van der Waals surface area contributed by atoms with E-state index >= 15 is 0 Å². The maximum Gasteiger partial charge on any atom is 0.331 e. The van der Waals surface area contributed by atoms with Gasteiger partial charge in [-0.05, 0) is 31.9 Å². The first-order valence-electron chi connectivity index (χ1n) is 6.36. The van der Waals surface area contributed by atoms with Crippen molar-refractivity contribution in [2.24, 2.45) is 5.41 Å². The van der Waals surface area contributed by atoms with Crippen LogP contribution < -0.4 is 0 Å². The molecule has 5 nitrogen and oxygen atoms in total. The molecule has 0 aromatic carbocycles. The van der Waals surface area contributed by atoms with Crippen LogP contribution in [-0.2, 0) is 16.0 Å². The number of aryl methyl sites for hydroxylation is 1. The maximum absolute atomic E-state index is 10.8. The molecular formula is C15H19NO4. The third-order valence-corrected chi connectivity index (χ3v) is 3.13. The van der Waals surface area contributed by atoms with Gasteiger partial charge in [-0.15, -0.1) is 0 Å². The molecule has 0 aliphatic heterocycles. The van der Waals surface area contributed by atoms with E-state index in [2.05, 4.69) is 18.0 Å². The number of H-pyrrole nitrogens is 1. The number of carboxylic acid groups (broad SMARTS) is 2. The Labute approximate surface area is 117 Å². The third-order valence-electron chi connectivity index (χ3n) is 3.13. The number of allylic oxidation sites excluding steroid dienone is 2. The Morgan fingerprint density at radius 3 is 2.50 bits per heavy atom. The number of hydrogen-bond acceptors (Lipinski definition) is 2. The number of aliphatic carboxylic acids is 2. The van der Waals surface area contributed by atoms with Crippen molar-refractivity contribution in [2.45, 2.75) is 26.7 Å². The van der Waals surface area contributed by atoms with Gasteiger partial charge < -0.3 is 15.2 Å². The fraction of sp³-hybridized carbons (Fsp3) is 0.333. The van der Waals surface area contributed by atoms with Gasteiger partial charge in [-0.3, -0.25) is 4.79 Å². The molecule has 1 aliphatic rings. The van der Waals surface area contributed by atoms with Crippen molar-refractivity contribution in [3.63, 3.8) is 0 Å². The van der Waals surface area contributed by atoms with Crippen LogP contribution in [0.2, 0.25) is 0 Å². The molecular weight excluding hydrogens is 258 g/mol. The number of nitrogens with one attached hydrogen (secondary N) is 1. The second kappa shape index (κ2) is 6.75. The fourth-order valence-electron chi connectivity index (χ4n) is 1.77. The summed E-state index contributed by atoms with van der Waals surface area (Å²) in [4.78, 5) is 24.4. The molecule has 0 saturated heterocycles. The van der Waals surface area contributed by atoms with Gasteiger partial charge in [0.05, 0.1) is 5.41 Å². The predicted octanol–water partition coefficient (Wildman–Crippen LogP) is 2.63. The Morgan fingerprint density at radius 1 is 1.40 bits per heavy atom. The molecule has 0 radical (unpaired) electrons. The van der Waals surface area contributed by atoms with Crippen molar-refractivity contribution in [1.82, 2.24) is 4.98 Å². The molecule has 1 heterocycles. The predicted molar refractivity (Wildman–Crippen MR) is 75.4 cm³/mol. The lowest BCUT2D eigenvalue weighted by Gasteiger charge is -2.23. The highest BCUT2D eigenvalue weighted by molar-refractivity contribution is 5.90. The Bertz CT molecular complexity index is 528. The van der Waals surface area contributed by atoms with E-state index in [-0.39, 0.29) is 12.0 Å². The highest BCUT2D eigenvalue weighted by Crippen LogP contribution is 2.31. The molecule has 2 rings (SSSR count). The normalized spacial score (nSPS) is 20.6. The van der Waals surface area contributed by atoms with E-state index in [0.29, 0.717) is 0 Å². The Kier molecular flexibility index (Phi) is 5.32. The van der Waals surface area contributed by atoms with Crippen LogP contribution in [0.5, 0.6) is 0 Å². The van der Waals surface area contributed by atoms with E-state index in [9.17, 15) is 9.59 Å². The van der Waals surface area contributed by atoms with Gasteiger partial charge in [-0.1, -0.05) is 25.2 Å². The maximum atomic E-state index is 10.8. The van der Waals surface area contributed by atoms with Gasteiger partial charge in [0.2, 0.25) is 0 Å². The summed E-state index contributed by atoms with van der Waals surface area (Å²) in [6, 6.07) is 4.10. The summed E-state index contributed by atoms with van der Waals surface area (Å²) in [5.41, 5.74) is 0.357. The van der Waals surface area contributed by atoms with Crippen LogP contribution >= 0.6 is 0 Å². The Hall–Kier alpha value is -2.30. The molecule has 0 saturated carbocycles. The van der Waals surface area contributed by atoms with E-state index in [1.807, 2.05) is 12.3 Å². The van der Waals surface area contributed by atoms with Crippen LogP contribution in [0.25, 0.3) is 0 Å². The Morgan fingerprint density at radius 2 is 2.10 bits per heavy atom. The summed E-state index contributed by atoms with van der Waals surface area (Å²) in [6.07, 6.45) is 7.48. The van der Waals surface area contributed by atoms with Gasteiger partial charge in [0, 0.05) is 17.5 Å². The topological polar surface area (TPSA) is 90.4 Å². The van der Waals surface area contributed by atoms with Gasteiger partial charge >= 0.3 is 11.9 Å². The third kappa shape index (κ3) is 4.12. The van der Waals surface area contributed by atoms with Crippen LogP contribution in [0.15, 0.2) is 42.1 Å². The zero-order valence-electron chi connectivity index (χ0n) is 11.6. The molecule has 0 amide bonds. The van der Waals surface area contributed by atoms with Crippen LogP contribution in [0, 0.1) is 5.41 Å². The molecule has 5 heteroatoms. The molecule has 1 aliphatic carbocycles. The molecule has 1 aromatic heterocycles. The lowest BCUT2D eigenvalue weighted by molar-refractivity contribution is -0.145. The summed E-state index contributed by atoms with van der Waals surface area (Å²) < 4.78 is 0. The number of aromatic nitrogens is 1. The minimum atomic E-state index is -1.08. The highest BCUT2D eigenvalue weighted by atomic mass is 16.4. The van der Waals surface area contributed by atoms with Crippen molar-refractivity contribution in [3.8, 4) is 0 Å². The van der Waals surface area contributed by atoms with Gasteiger partial charge in [0.1, 0.15) is 0 Å². The average molecular weight is 277 g/mol. The molecule has 108 valence electrons. The van der Waals surface area contributed by atoms with Gasteiger partial charge in [-0.25, -0.2) is 4.79 Å². The highest BCUT2D eigenvalue weighted by Gasteiger charge is 2.34. The Balaban J connectivity index is 0.000000240. The van der Waals surface area contributed by atoms with Crippen molar-refractivity contribution >= 4 is 11.9 Å². The van der Waals surface area contributed by atoms with Crippen molar-refractivity contribution in [1.29, 1.82) is 0 Å². The molecule has 0 spiro atoms. The summed E-state index contributed by atoms with van der Waals surface area (Å²) in [5, 5.41) is 17.5. The molecule has 20 heavy (non-hydrogen) atoms. The summed E-state index contributed by atoms with van der Waals surface area (Å²) in [7, 11) is 0. The van der Waals surface area contributed by atoms with E-state index in [4.69, 9.17) is 10.2 Å². The first kappa shape index (κ1) is 15.8. The monoisotopic (exact) mass is 277 g/mol. The van der Waals surface area contributed by atoms with E-state index in [0.717, 1.165) is 6.42 Å². The zero-order chi connectivity index (χ0) is 15.2. The van der Waals surface area contributed by atoms with Gasteiger partial charge in [0.25, 0.3) is 0 Å². The summed E-state index contributed by atoms with van der Waals surface area (Å²) in [6.45, 7) is 3.63. The summed E-state index contributed by atoms with van der Waals surface area (Å²) in [5.74, 6) is -2.06. The number of aromatic amines is 1. The van der Waals surface area contributed by atoms with Crippen molar-refractivity contribution in [2.75, 3.05) is 0 Å². The van der Waals surface area contributed by atoms with Gasteiger partial charge in [0.15, 0.2) is 0 Å². The number of carbonyl (C=O) groups is 2. The molecule has 0 bridgehead atoms.